The van der Waals surface area contributed by atoms with Gasteiger partial charge in [0.25, 0.3) is 17.7 Å². The third-order valence-corrected chi connectivity index (χ3v) is 11.5. The van der Waals surface area contributed by atoms with Gasteiger partial charge in [0.2, 0.25) is 0 Å². The zero-order valence-electron chi connectivity index (χ0n) is 35.5. The summed E-state index contributed by atoms with van der Waals surface area (Å²) in [7, 11) is 0. The summed E-state index contributed by atoms with van der Waals surface area (Å²) in [6.45, 7) is 12.0. The molecule has 4 aromatic heterocycles. The summed E-state index contributed by atoms with van der Waals surface area (Å²) in [5, 5.41) is 6.90. The molecule has 18 heteroatoms. The molecule has 4 fully saturated rings. The number of nitrogen functional groups attached to an aromatic ring is 1. The average molecular weight is 856 g/mol. The lowest BCUT2D eigenvalue weighted by atomic mass is 10.1. The van der Waals surface area contributed by atoms with Crippen LogP contribution in [-0.4, -0.2) is 122 Å². The number of aryl methyl sites for hydroxylation is 2. The molecule has 63 heavy (non-hydrogen) atoms. The topological polar surface area (TPSA) is 236 Å². The van der Waals surface area contributed by atoms with Crippen LogP contribution in [0.2, 0.25) is 0 Å². The highest BCUT2D eigenvalue weighted by molar-refractivity contribution is 6.09. The number of hydrogen-bond donors (Lipinski definition) is 4. The fourth-order valence-corrected chi connectivity index (χ4v) is 7.96. The van der Waals surface area contributed by atoms with Crippen LogP contribution in [0.15, 0.2) is 85.5 Å². The molecule has 2 saturated heterocycles. The van der Waals surface area contributed by atoms with E-state index in [1.54, 1.807) is 47.2 Å². The van der Waals surface area contributed by atoms with Crippen LogP contribution in [0.4, 0.5) is 22.7 Å². The smallest absolute Gasteiger partial charge is 0.373 e. The molecule has 10 rings (SSSR count). The SMILES string of the molecule is Cc1cn2cc(C(=O)Nc3ccc(N4CCN(C5CC5)CC4)cc3C(N)=O)ccc2n1.Cc1cn2ncccc2n1.NC(=O)c1cc(N2CCN(C3CC3)CC2)ccc1N.O=C=O. The number of benzene rings is 2. The van der Waals surface area contributed by atoms with Crippen LogP contribution < -0.4 is 32.3 Å². The number of carbonyl (C=O) groups excluding carboxylic acids is 5. The van der Waals surface area contributed by atoms with Crippen molar-refractivity contribution < 1.29 is 24.0 Å². The number of hydrogen-bond acceptors (Lipinski definition) is 13. The van der Waals surface area contributed by atoms with Crippen molar-refractivity contribution in [2.75, 3.05) is 73.2 Å². The van der Waals surface area contributed by atoms with Gasteiger partial charge in [0.15, 0.2) is 5.65 Å². The van der Waals surface area contributed by atoms with Gasteiger partial charge >= 0.3 is 6.15 Å². The van der Waals surface area contributed by atoms with Crippen LogP contribution in [0, 0.1) is 13.8 Å². The van der Waals surface area contributed by atoms with E-state index >= 15 is 0 Å². The van der Waals surface area contributed by atoms with E-state index in [2.05, 4.69) is 40.0 Å². The van der Waals surface area contributed by atoms with Gasteiger partial charge in [-0.05, 0) is 100 Å². The molecule has 0 spiro atoms. The lowest BCUT2D eigenvalue weighted by Gasteiger charge is -2.36. The number of amides is 3. The number of fused-ring (bicyclic) bond motifs is 2. The molecule has 0 radical (unpaired) electrons. The highest BCUT2D eigenvalue weighted by atomic mass is 16.2. The Morgan fingerprint density at radius 3 is 1.76 bits per heavy atom. The summed E-state index contributed by atoms with van der Waals surface area (Å²) in [6, 6.07) is 19.9. The fraction of sp³-hybridized carbons (Fsp3) is 0.356. The predicted octanol–water partition coefficient (Wildman–Crippen LogP) is 3.38. The molecule has 2 saturated carbocycles. The van der Waals surface area contributed by atoms with E-state index in [-0.39, 0.29) is 12.1 Å². The molecule has 0 unspecified atom stereocenters. The number of primary amides is 2. The maximum absolute atomic E-state index is 12.8. The molecule has 7 N–H and O–H groups in total. The Bertz CT molecular complexity index is 2580. The molecule has 6 aromatic rings. The second-order valence-electron chi connectivity index (χ2n) is 16.1. The first-order valence-corrected chi connectivity index (χ1v) is 21.0. The van der Waals surface area contributed by atoms with Crippen molar-refractivity contribution in [2.24, 2.45) is 11.5 Å². The number of carbonyl (C=O) groups is 3. The van der Waals surface area contributed by atoms with Gasteiger partial charge in [0.1, 0.15) is 5.65 Å². The average Bonchev–Trinajstić information content (AvgIpc) is 4.22. The lowest BCUT2D eigenvalue weighted by molar-refractivity contribution is -0.191. The van der Waals surface area contributed by atoms with Gasteiger partial charge in [-0.2, -0.15) is 14.7 Å². The second-order valence-corrected chi connectivity index (χ2v) is 16.1. The molecule has 2 aromatic carbocycles. The normalized spacial score (nSPS) is 16.4. The van der Waals surface area contributed by atoms with Crippen molar-refractivity contribution in [3.05, 3.63) is 114 Å². The highest BCUT2D eigenvalue weighted by Crippen LogP contribution is 2.31. The Labute approximate surface area is 364 Å². The summed E-state index contributed by atoms with van der Waals surface area (Å²) in [5.41, 5.74) is 24.4. The Hall–Kier alpha value is -7.14. The van der Waals surface area contributed by atoms with Crippen molar-refractivity contribution in [3.63, 3.8) is 0 Å². The van der Waals surface area contributed by atoms with Crippen molar-refractivity contribution in [1.29, 1.82) is 0 Å². The molecular weight excluding hydrogens is 803 g/mol. The van der Waals surface area contributed by atoms with E-state index in [1.807, 2.05) is 61.0 Å². The summed E-state index contributed by atoms with van der Waals surface area (Å²) in [6.07, 6.45) is 12.8. The Balaban J connectivity index is 0.000000156. The van der Waals surface area contributed by atoms with E-state index in [9.17, 15) is 14.4 Å². The van der Waals surface area contributed by atoms with Crippen LogP contribution in [0.1, 0.15) is 68.1 Å². The Morgan fingerprint density at radius 1 is 0.667 bits per heavy atom. The van der Waals surface area contributed by atoms with Crippen molar-refractivity contribution in [2.45, 2.75) is 51.6 Å². The quantitative estimate of drug-likeness (QED) is 0.161. The summed E-state index contributed by atoms with van der Waals surface area (Å²) in [4.78, 5) is 70.8. The van der Waals surface area contributed by atoms with Crippen molar-refractivity contribution in [3.8, 4) is 0 Å². The molecule has 2 aliphatic carbocycles. The van der Waals surface area contributed by atoms with Gasteiger partial charge in [-0.1, -0.05) is 0 Å². The fourth-order valence-electron chi connectivity index (χ4n) is 7.96. The monoisotopic (exact) mass is 855 g/mol. The van der Waals surface area contributed by atoms with Crippen LogP contribution in [-0.2, 0) is 9.59 Å². The van der Waals surface area contributed by atoms with Gasteiger partial charge in [-0.15, -0.1) is 0 Å². The number of piperazine rings is 2. The first kappa shape index (κ1) is 43.9. The lowest BCUT2D eigenvalue weighted by Crippen LogP contribution is -2.47. The second kappa shape index (κ2) is 19.7. The number of anilines is 4. The number of aromatic nitrogens is 5. The van der Waals surface area contributed by atoms with Crippen LogP contribution in [0.25, 0.3) is 11.3 Å². The third-order valence-electron chi connectivity index (χ3n) is 11.5. The first-order chi connectivity index (χ1) is 30.4. The van der Waals surface area contributed by atoms with Gasteiger partial charge < -0.3 is 36.7 Å². The zero-order chi connectivity index (χ0) is 44.6. The standard InChI is InChI=1S/C23H26N6O2.C14H20N4O.C7H7N3.CO2/c1-15-13-29-14-16(2-7-21(29)25-15)23(31)26-20-6-5-18(12-19(20)22(24)30)28-10-8-27(9-11-28)17-3-4-17;15-13-4-3-11(9-12(13)14(16)19)18-7-5-17(6-8-18)10-1-2-10;1-6-5-10-7(9-6)3-2-4-8-10;2-1-3/h2,5-7,12-14,17H,3-4,8-11H2,1H3,(H2,24,30)(H,26,31);3-4,9-10H,1-2,5-8,15H2,(H2,16,19);2-5H,1H3;. The molecule has 18 nitrogen and oxygen atoms in total. The van der Waals surface area contributed by atoms with E-state index < -0.39 is 11.8 Å². The molecule has 3 amide bonds. The zero-order valence-corrected chi connectivity index (χ0v) is 35.5. The summed E-state index contributed by atoms with van der Waals surface area (Å²) in [5.74, 6) is -1.33. The minimum Gasteiger partial charge on any atom is -0.398 e. The largest absolute Gasteiger partial charge is 0.398 e. The number of nitrogens with two attached hydrogens (primary N) is 3. The van der Waals surface area contributed by atoms with Gasteiger partial charge in [-0.3, -0.25) is 24.2 Å². The molecule has 6 heterocycles. The first-order valence-electron chi connectivity index (χ1n) is 21.0. The highest BCUT2D eigenvalue weighted by Gasteiger charge is 2.32. The number of nitrogens with zero attached hydrogens (tertiary/aromatic N) is 9. The predicted molar refractivity (Wildman–Crippen MR) is 239 cm³/mol. The molecule has 0 bridgehead atoms. The Morgan fingerprint density at radius 2 is 1.21 bits per heavy atom. The number of pyridine rings is 1. The van der Waals surface area contributed by atoms with E-state index in [0.717, 1.165) is 98.5 Å². The van der Waals surface area contributed by atoms with Crippen molar-refractivity contribution >= 4 is 57.9 Å². The summed E-state index contributed by atoms with van der Waals surface area (Å²) < 4.78 is 3.57. The number of rotatable bonds is 8. The van der Waals surface area contributed by atoms with Crippen LogP contribution in [0.3, 0.4) is 0 Å². The minimum atomic E-state index is -0.561. The van der Waals surface area contributed by atoms with Crippen LogP contribution in [0.5, 0.6) is 0 Å². The van der Waals surface area contributed by atoms with E-state index in [0.29, 0.717) is 28.1 Å². The maximum Gasteiger partial charge on any atom is 0.373 e. The number of nitrogens with one attached hydrogen (secondary N) is 1. The summed E-state index contributed by atoms with van der Waals surface area (Å²) >= 11 is 0. The Kier molecular flexibility index (Phi) is 13.7. The van der Waals surface area contributed by atoms with E-state index in [1.165, 1.54) is 25.7 Å². The molecule has 0 atom stereocenters. The van der Waals surface area contributed by atoms with Gasteiger partial charge in [0.05, 0.1) is 40.0 Å². The number of imidazole rings is 2. The van der Waals surface area contributed by atoms with E-state index in [4.69, 9.17) is 26.8 Å². The molecule has 4 aliphatic rings. The molecular formula is C45H53N13O5. The molecule has 328 valence electrons. The minimum absolute atomic E-state index is 0.250. The van der Waals surface area contributed by atoms with Gasteiger partial charge in [-0.25, -0.2) is 14.5 Å². The van der Waals surface area contributed by atoms with Crippen LogP contribution >= 0.6 is 0 Å². The van der Waals surface area contributed by atoms with Gasteiger partial charge in [0, 0.05) is 100 Å². The maximum atomic E-state index is 12.8. The van der Waals surface area contributed by atoms with Crippen molar-refractivity contribution in [1.82, 2.24) is 33.8 Å². The molecule has 2 aliphatic heterocycles. The third kappa shape index (κ3) is 11.2.